The summed E-state index contributed by atoms with van der Waals surface area (Å²) in [6, 6.07) is 0. The van der Waals surface area contributed by atoms with Gasteiger partial charge in [0.15, 0.2) is 0 Å². The summed E-state index contributed by atoms with van der Waals surface area (Å²) in [6.45, 7) is 7.87. The normalized spacial score (nSPS) is 8.00. The first kappa shape index (κ1) is 15.2. The van der Waals surface area contributed by atoms with Crippen molar-refractivity contribution in [2.24, 2.45) is 0 Å². The summed E-state index contributed by atoms with van der Waals surface area (Å²) < 4.78 is 13.2. The fourth-order valence-electron chi connectivity index (χ4n) is 0.481. The molecule has 0 heterocycles. The number of carbonyl (C=O) groups excluding carboxylic acids is 2. The highest BCUT2D eigenvalue weighted by molar-refractivity contribution is 5.65. The number of rotatable bonds is 3. The van der Waals surface area contributed by atoms with Gasteiger partial charge in [0.05, 0.1) is 19.8 Å². The van der Waals surface area contributed by atoms with Gasteiger partial charge in [-0.3, -0.25) is 4.79 Å². The Kier molecular flexibility index (Phi) is 12.8. The van der Waals surface area contributed by atoms with Gasteiger partial charge >= 0.3 is 12.1 Å². The predicted octanol–water partition coefficient (Wildman–Crippen LogP) is 1.75. The molecule has 0 bridgehead atoms. The minimum Gasteiger partial charge on any atom is -0.466 e. The molecule has 0 radical (unpaired) electrons. The first-order chi connectivity index (χ1) is 6.58. The van der Waals surface area contributed by atoms with Gasteiger partial charge in [0.1, 0.15) is 0 Å². The number of hydrogen-bond acceptors (Lipinski definition) is 5. The lowest BCUT2D eigenvalue weighted by Crippen LogP contribution is -2.05. The van der Waals surface area contributed by atoms with Crippen LogP contribution >= 0.6 is 0 Å². The molecule has 0 N–H and O–H groups in total. The number of hydrogen-bond donors (Lipinski definition) is 0. The molecule has 5 heteroatoms. The van der Waals surface area contributed by atoms with E-state index in [-0.39, 0.29) is 5.97 Å². The van der Waals surface area contributed by atoms with Crippen LogP contribution in [0.2, 0.25) is 0 Å². The molecule has 0 atom stereocenters. The van der Waals surface area contributed by atoms with Crippen LogP contribution in [0.25, 0.3) is 0 Å². The third kappa shape index (κ3) is 17.0. The Labute approximate surface area is 84.3 Å². The number of carbonyl (C=O) groups is 2. The lowest BCUT2D eigenvalue weighted by atomic mass is 10.8. The first-order valence-electron chi connectivity index (χ1n) is 4.51. The minimum absolute atomic E-state index is 0.211. The summed E-state index contributed by atoms with van der Waals surface area (Å²) >= 11 is 0. The molecule has 0 aliphatic carbocycles. The summed E-state index contributed by atoms with van der Waals surface area (Å²) in [5, 5.41) is 0. The third-order valence-corrected chi connectivity index (χ3v) is 0.872. The quantitative estimate of drug-likeness (QED) is 0.658. The minimum atomic E-state index is -0.588. The maximum atomic E-state index is 10.2. The van der Waals surface area contributed by atoms with Gasteiger partial charge in [0.25, 0.3) is 0 Å². The Morgan fingerprint density at radius 1 is 0.857 bits per heavy atom. The molecular weight excluding hydrogens is 188 g/mol. The zero-order chi connectivity index (χ0) is 11.4. The summed E-state index contributed by atoms with van der Waals surface area (Å²) in [7, 11) is 0. The third-order valence-electron chi connectivity index (χ3n) is 0.872. The number of esters is 1. The van der Waals surface area contributed by atoms with Gasteiger partial charge in [-0.2, -0.15) is 0 Å². The molecule has 0 aliphatic rings. The van der Waals surface area contributed by atoms with E-state index in [1.807, 2.05) is 0 Å². The second kappa shape index (κ2) is 11.7. The molecule has 0 spiro atoms. The van der Waals surface area contributed by atoms with Crippen LogP contribution in [0.15, 0.2) is 0 Å². The van der Waals surface area contributed by atoms with Crippen LogP contribution in [-0.4, -0.2) is 31.9 Å². The van der Waals surface area contributed by atoms with E-state index in [9.17, 15) is 9.59 Å². The van der Waals surface area contributed by atoms with Gasteiger partial charge < -0.3 is 14.2 Å². The highest BCUT2D eigenvalue weighted by atomic mass is 16.7. The van der Waals surface area contributed by atoms with E-state index in [2.05, 4.69) is 14.2 Å². The lowest BCUT2D eigenvalue weighted by Gasteiger charge is -1.98. The maximum absolute atomic E-state index is 10.2. The second-order valence-electron chi connectivity index (χ2n) is 2.04. The monoisotopic (exact) mass is 206 g/mol. The van der Waals surface area contributed by atoms with Crippen molar-refractivity contribution in [3.8, 4) is 0 Å². The van der Waals surface area contributed by atoms with E-state index in [1.165, 1.54) is 6.92 Å². The number of ether oxygens (including phenoxy) is 3. The van der Waals surface area contributed by atoms with Gasteiger partial charge in [-0.25, -0.2) is 4.79 Å². The Morgan fingerprint density at radius 3 is 1.36 bits per heavy atom. The predicted molar refractivity (Wildman–Crippen MR) is 51.0 cm³/mol. The highest BCUT2D eigenvalue weighted by Crippen LogP contribution is 1.81. The molecule has 0 aromatic carbocycles. The summed E-state index contributed by atoms with van der Waals surface area (Å²) in [5.41, 5.74) is 0. The molecule has 0 aromatic heterocycles. The molecule has 0 saturated heterocycles. The highest BCUT2D eigenvalue weighted by Gasteiger charge is 1.96. The van der Waals surface area contributed by atoms with Crippen LogP contribution in [0.3, 0.4) is 0 Å². The average Bonchev–Trinajstić information content (AvgIpc) is 2.05. The Bertz CT molecular complexity index is 147. The average molecular weight is 206 g/mol. The zero-order valence-corrected chi connectivity index (χ0v) is 9.16. The van der Waals surface area contributed by atoms with E-state index >= 15 is 0 Å². The van der Waals surface area contributed by atoms with Crippen molar-refractivity contribution in [1.82, 2.24) is 0 Å². The van der Waals surface area contributed by atoms with Gasteiger partial charge in [0, 0.05) is 6.92 Å². The Morgan fingerprint density at radius 2 is 1.21 bits per heavy atom. The van der Waals surface area contributed by atoms with Crippen molar-refractivity contribution in [2.75, 3.05) is 19.8 Å². The van der Waals surface area contributed by atoms with Crippen LogP contribution in [-0.2, 0) is 19.0 Å². The van der Waals surface area contributed by atoms with Crippen molar-refractivity contribution in [1.29, 1.82) is 0 Å². The van der Waals surface area contributed by atoms with Crippen molar-refractivity contribution >= 4 is 12.1 Å². The fraction of sp³-hybridized carbons (Fsp3) is 0.778. The van der Waals surface area contributed by atoms with E-state index < -0.39 is 6.16 Å². The van der Waals surface area contributed by atoms with E-state index in [0.29, 0.717) is 19.8 Å². The first-order valence-corrected chi connectivity index (χ1v) is 4.51. The van der Waals surface area contributed by atoms with Crippen LogP contribution in [0.1, 0.15) is 27.7 Å². The topological polar surface area (TPSA) is 61.8 Å². The standard InChI is InChI=1S/C5H10O3.C4H8O2/c1-3-7-5(6)8-4-2;1-3-6-4(2)5/h3-4H2,1-2H3;3H2,1-2H3. The van der Waals surface area contributed by atoms with Gasteiger partial charge in [-0.15, -0.1) is 0 Å². The molecule has 0 unspecified atom stereocenters. The van der Waals surface area contributed by atoms with Crippen LogP contribution < -0.4 is 0 Å². The largest absolute Gasteiger partial charge is 0.508 e. The van der Waals surface area contributed by atoms with Gasteiger partial charge in [0.2, 0.25) is 0 Å². The molecule has 84 valence electrons. The van der Waals surface area contributed by atoms with E-state index in [4.69, 9.17) is 0 Å². The van der Waals surface area contributed by atoms with Crippen molar-refractivity contribution in [3.63, 3.8) is 0 Å². The molecule has 0 amide bonds. The smallest absolute Gasteiger partial charge is 0.466 e. The van der Waals surface area contributed by atoms with Crippen molar-refractivity contribution in [2.45, 2.75) is 27.7 Å². The molecule has 0 saturated carbocycles. The molecular formula is C9H18O5. The summed E-state index contributed by atoms with van der Waals surface area (Å²) in [5.74, 6) is -0.211. The molecule has 0 aromatic rings. The second-order valence-corrected chi connectivity index (χ2v) is 2.04. The molecule has 5 nitrogen and oxygen atoms in total. The van der Waals surface area contributed by atoms with Crippen LogP contribution in [0.4, 0.5) is 4.79 Å². The Hall–Kier alpha value is -1.26. The molecule has 0 fully saturated rings. The van der Waals surface area contributed by atoms with Gasteiger partial charge in [-0.05, 0) is 20.8 Å². The van der Waals surface area contributed by atoms with Crippen LogP contribution in [0.5, 0.6) is 0 Å². The van der Waals surface area contributed by atoms with Gasteiger partial charge in [-0.1, -0.05) is 0 Å². The zero-order valence-electron chi connectivity index (χ0n) is 9.16. The summed E-state index contributed by atoms with van der Waals surface area (Å²) in [6.07, 6.45) is -0.588. The molecule has 0 aliphatic heterocycles. The summed E-state index contributed by atoms with van der Waals surface area (Å²) in [4.78, 5) is 20.0. The lowest BCUT2D eigenvalue weighted by molar-refractivity contribution is -0.140. The SMILES string of the molecule is CCOC(=O)OCC.CCOC(C)=O. The van der Waals surface area contributed by atoms with Crippen molar-refractivity contribution < 1.29 is 23.8 Å². The fourth-order valence-corrected chi connectivity index (χ4v) is 0.481. The van der Waals surface area contributed by atoms with E-state index in [0.717, 1.165) is 0 Å². The molecule has 0 rings (SSSR count). The molecule has 14 heavy (non-hydrogen) atoms. The van der Waals surface area contributed by atoms with Crippen LogP contribution in [0, 0.1) is 0 Å². The maximum Gasteiger partial charge on any atom is 0.508 e. The Balaban J connectivity index is 0. The van der Waals surface area contributed by atoms with Crippen molar-refractivity contribution in [3.05, 3.63) is 0 Å². The van der Waals surface area contributed by atoms with E-state index in [1.54, 1.807) is 20.8 Å².